The number of amides is 2. The Morgan fingerprint density at radius 3 is 2.03 bits per heavy atom. The SMILES string of the molecule is CC(=O)Nc1ccc(S(=O)(=O)N2CCC(NC(=O)c3ccc(CS(C)(=O)=O)cc3)CC2)cc1. The first kappa shape index (κ1) is 24.9. The maximum Gasteiger partial charge on any atom is 0.251 e. The van der Waals surface area contributed by atoms with Gasteiger partial charge in [0.15, 0.2) is 9.84 Å². The molecule has 3 rings (SSSR count). The Labute approximate surface area is 194 Å². The minimum atomic E-state index is -3.67. The molecule has 0 bridgehead atoms. The Balaban J connectivity index is 1.55. The fraction of sp³-hybridized carbons (Fsp3) is 0.364. The molecule has 11 heteroatoms. The summed E-state index contributed by atoms with van der Waals surface area (Å²) in [5.74, 6) is -0.604. The monoisotopic (exact) mass is 493 g/mol. The summed E-state index contributed by atoms with van der Waals surface area (Å²) >= 11 is 0. The highest BCUT2D eigenvalue weighted by atomic mass is 32.2. The summed E-state index contributed by atoms with van der Waals surface area (Å²) in [4.78, 5) is 23.8. The van der Waals surface area contributed by atoms with E-state index < -0.39 is 19.9 Å². The number of benzene rings is 2. The second-order valence-electron chi connectivity index (χ2n) is 8.12. The standard InChI is InChI=1S/C22H27N3O6S2/c1-16(26)23-19-7-9-21(10-8-19)33(30,31)25-13-11-20(12-14-25)24-22(27)18-5-3-17(4-6-18)15-32(2,28)29/h3-10,20H,11-15H2,1-2H3,(H,23,26)(H,24,27). The van der Waals surface area contributed by atoms with Gasteiger partial charge in [-0.3, -0.25) is 9.59 Å². The lowest BCUT2D eigenvalue weighted by Crippen LogP contribution is -2.46. The predicted octanol–water partition coefficient (Wildman–Crippen LogP) is 1.77. The number of hydrogen-bond acceptors (Lipinski definition) is 6. The van der Waals surface area contributed by atoms with E-state index in [1.165, 1.54) is 23.4 Å². The number of rotatable bonds is 7. The molecule has 0 aliphatic carbocycles. The minimum absolute atomic E-state index is 0.0855. The fourth-order valence-corrected chi connectivity index (χ4v) is 5.89. The number of sulfonamides is 1. The van der Waals surface area contributed by atoms with Crippen LogP contribution in [0.4, 0.5) is 5.69 Å². The van der Waals surface area contributed by atoms with E-state index in [9.17, 15) is 26.4 Å². The first-order valence-electron chi connectivity index (χ1n) is 10.4. The topological polar surface area (TPSA) is 130 Å². The van der Waals surface area contributed by atoms with Crippen LogP contribution in [0, 0.1) is 0 Å². The summed E-state index contributed by atoms with van der Waals surface area (Å²) < 4.78 is 50.0. The Hall–Kier alpha value is -2.76. The molecule has 0 saturated carbocycles. The van der Waals surface area contributed by atoms with E-state index in [1.807, 2.05) is 0 Å². The molecule has 33 heavy (non-hydrogen) atoms. The smallest absolute Gasteiger partial charge is 0.251 e. The quantitative estimate of drug-likeness (QED) is 0.605. The summed E-state index contributed by atoms with van der Waals surface area (Å²) in [7, 11) is -6.82. The predicted molar refractivity (Wildman–Crippen MR) is 125 cm³/mol. The third kappa shape index (κ3) is 6.86. The molecule has 1 fully saturated rings. The number of carbonyl (C=O) groups excluding carboxylic acids is 2. The van der Waals surface area contributed by atoms with Crippen molar-refractivity contribution in [1.29, 1.82) is 0 Å². The van der Waals surface area contributed by atoms with Gasteiger partial charge in [0, 0.05) is 43.6 Å². The molecular weight excluding hydrogens is 466 g/mol. The number of sulfone groups is 1. The Kier molecular flexibility index (Phi) is 7.55. The maximum absolute atomic E-state index is 12.9. The number of hydrogen-bond donors (Lipinski definition) is 2. The van der Waals surface area contributed by atoms with E-state index >= 15 is 0 Å². The molecule has 2 aromatic rings. The normalized spacial score (nSPS) is 15.7. The van der Waals surface area contributed by atoms with Gasteiger partial charge in [0.25, 0.3) is 5.91 Å². The molecule has 2 amide bonds. The van der Waals surface area contributed by atoms with Crippen molar-refractivity contribution in [2.24, 2.45) is 0 Å². The summed E-state index contributed by atoms with van der Waals surface area (Å²) in [6, 6.07) is 12.2. The van der Waals surface area contributed by atoms with Crippen LogP contribution < -0.4 is 10.6 Å². The first-order chi connectivity index (χ1) is 15.4. The molecule has 0 radical (unpaired) electrons. The van der Waals surface area contributed by atoms with Crippen molar-refractivity contribution in [1.82, 2.24) is 9.62 Å². The number of nitrogens with one attached hydrogen (secondary N) is 2. The van der Waals surface area contributed by atoms with Crippen molar-refractivity contribution in [2.45, 2.75) is 36.5 Å². The third-order valence-electron chi connectivity index (χ3n) is 5.25. The molecule has 0 atom stereocenters. The van der Waals surface area contributed by atoms with E-state index in [2.05, 4.69) is 10.6 Å². The molecule has 0 aromatic heterocycles. The summed E-state index contributed by atoms with van der Waals surface area (Å²) in [5, 5.41) is 5.52. The van der Waals surface area contributed by atoms with Crippen LogP contribution in [-0.4, -0.2) is 58.3 Å². The minimum Gasteiger partial charge on any atom is -0.349 e. The van der Waals surface area contributed by atoms with E-state index in [1.54, 1.807) is 36.4 Å². The second-order valence-corrected chi connectivity index (χ2v) is 12.2. The summed E-state index contributed by atoms with van der Waals surface area (Å²) in [6.45, 7) is 1.92. The molecule has 2 N–H and O–H groups in total. The highest BCUT2D eigenvalue weighted by Crippen LogP contribution is 2.22. The summed E-state index contributed by atoms with van der Waals surface area (Å²) in [6.07, 6.45) is 2.10. The van der Waals surface area contributed by atoms with E-state index in [4.69, 9.17) is 0 Å². The molecule has 1 aliphatic heterocycles. The first-order valence-corrected chi connectivity index (χ1v) is 13.9. The Morgan fingerprint density at radius 2 is 1.52 bits per heavy atom. The van der Waals surface area contributed by atoms with E-state index in [0.717, 1.165) is 6.26 Å². The third-order valence-corrected chi connectivity index (χ3v) is 8.02. The molecule has 0 spiro atoms. The van der Waals surface area contributed by atoms with Crippen molar-refractivity contribution >= 4 is 37.4 Å². The van der Waals surface area contributed by atoms with Gasteiger partial charge in [0.1, 0.15) is 0 Å². The van der Waals surface area contributed by atoms with Crippen LogP contribution in [0.5, 0.6) is 0 Å². The van der Waals surface area contributed by atoms with Crippen LogP contribution >= 0.6 is 0 Å². The highest BCUT2D eigenvalue weighted by molar-refractivity contribution is 7.90. The molecule has 178 valence electrons. The van der Waals surface area contributed by atoms with Crippen molar-refractivity contribution in [2.75, 3.05) is 24.7 Å². The molecule has 1 aliphatic rings. The lowest BCUT2D eigenvalue weighted by atomic mass is 10.1. The number of piperidine rings is 1. The number of carbonyl (C=O) groups is 2. The molecule has 1 saturated heterocycles. The van der Waals surface area contributed by atoms with Gasteiger partial charge in [0.2, 0.25) is 15.9 Å². The van der Waals surface area contributed by atoms with Gasteiger partial charge in [-0.1, -0.05) is 12.1 Å². The van der Waals surface area contributed by atoms with Crippen molar-refractivity contribution in [3.05, 3.63) is 59.7 Å². The van der Waals surface area contributed by atoms with Crippen molar-refractivity contribution in [3.8, 4) is 0 Å². The molecule has 2 aromatic carbocycles. The Bertz CT molecular complexity index is 1220. The number of nitrogens with zero attached hydrogens (tertiary/aromatic N) is 1. The van der Waals surface area contributed by atoms with Gasteiger partial charge >= 0.3 is 0 Å². The lowest BCUT2D eigenvalue weighted by Gasteiger charge is -2.31. The largest absolute Gasteiger partial charge is 0.349 e. The van der Waals surface area contributed by atoms with E-state index in [0.29, 0.717) is 29.7 Å². The molecule has 9 nitrogen and oxygen atoms in total. The van der Waals surface area contributed by atoms with Crippen molar-refractivity contribution < 1.29 is 26.4 Å². The zero-order valence-corrected chi connectivity index (χ0v) is 20.1. The zero-order valence-electron chi connectivity index (χ0n) is 18.4. The van der Waals surface area contributed by atoms with E-state index in [-0.39, 0.29) is 41.6 Å². The molecule has 0 unspecified atom stereocenters. The maximum atomic E-state index is 12.9. The van der Waals surface area contributed by atoms with Crippen molar-refractivity contribution in [3.63, 3.8) is 0 Å². The van der Waals surface area contributed by atoms with Gasteiger partial charge in [-0.25, -0.2) is 16.8 Å². The second kappa shape index (κ2) is 10.0. The molecular formula is C22H27N3O6S2. The van der Waals surface area contributed by atoms with Gasteiger partial charge in [-0.15, -0.1) is 0 Å². The van der Waals surface area contributed by atoms with Crippen LogP contribution in [-0.2, 0) is 30.4 Å². The van der Waals surface area contributed by atoms with Gasteiger partial charge < -0.3 is 10.6 Å². The number of anilines is 1. The summed E-state index contributed by atoms with van der Waals surface area (Å²) in [5.41, 5.74) is 1.55. The highest BCUT2D eigenvalue weighted by Gasteiger charge is 2.30. The van der Waals surface area contributed by atoms with Crippen LogP contribution in [0.2, 0.25) is 0 Å². The zero-order chi connectivity index (χ0) is 24.2. The molecule has 1 heterocycles. The van der Waals surface area contributed by atoms with Crippen LogP contribution in [0.3, 0.4) is 0 Å². The average molecular weight is 494 g/mol. The fourth-order valence-electron chi connectivity index (χ4n) is 3.63. The van der Waals surface area contributed by atoms with Crippen LogP contribution in [0.15, 0.2) is 53.4 Å². The Morgan fingerprint density at radius 1 is 0.939 bits per heavy atom. The van der Waals surface area contributed by atoms with Gasteiger partial charge in [-0.05, 0) is 54.8 Å². The van der Waals surface area contributed by atoms with Crippen LogP contribution in [0.1, 0.15) is 35.7 Å². The lowest BCUT2D eigenvalue weighted by molar-refractivity contribution is -0.114. The van der Waals surface area contributed by atoms with Gasteiger partial charge in [0.05, 0.1) is 10.6 Å². The average Bonchev–Trinajstić information content (AvgIpc) is 2.73. The van der Waals surface area contributed by atoms with Crippen LogP contribution in [0.25, 0.3) is 0 Å². The van der Waals surface area contributed by atoms with Gasteiger partial charge in [-0.2, -0.15) is 4.31 Å².